The third-order valence-electron chi connectivity index (χ3n) is 6.23. The van der Waals surface area contributed by atoms with E-state index in [0.717, 1.165) is 65.7 Å². The van der Waals surface area contributed by atoms with Gasteiger partial charge in [-0.05, 0) is 42.5 Å². The van der Waals surface area contributed by atoms with Crippen molar-refractivity contribution >= 4 is 34.4 Å². The normalized spacial score (nSPS) is 16.2. The van der Waals surface area contributed by atoms with Crippen molar-refractivity contribution in [1.29, 1.82) is 0 Å². The molecular formula is C22H20N9O. The van der Waals surface area contributed by atoms with Gasteiger partial charge in [-0.2, -0.15) is 15.5 Å². The number of hydrogen-bond donors (Lipinski definition) is 1. The molecule has 32 heavy (non-hydrogen) atoms. The number of nitrogens with one attached hydrogen (secondary N) is 1. The highest BCUT2D eigenvalue weighted by Gasteiger charge is 2.27. The van der Waals surface area contributed by atoms with Crippen LogP contribution in [0.4, 0.5) is 22.0 Å². The van der Waals surface area contributed by atoms with Crippen molar-refractivity contribution in [2.45, 2.75) is 18.8 Å². The molecule has 5 heterocycles. The van der Waals surface area contributed by atoms with Gasteiger partial charge in [0.25, 0.3) is 0 Å². The fourth-order valence-corrected chi connectivity index (χ4v) is 4.58. The summed E-state index contributed by atoms with van der Waals surface area (Å²) in [7, 11) is 1.95. The summed E-state index contributed by atoms with van der Waals surface area (Å²) < 4.78 is 1.97. The van der Waals surface area contributed by atoms with Crippen molar-refractivity contribution in [2.24, 2.45) is 7.05 Å². The summed E-state index contributed by atoms with van der Waals surface area (Å²) in [6.45, 7) is 1.73. The van der Waals surface area contributed by atoms with E-state index in [1.807, 2.05) is 29.8 Å². The first-order valence-corrected chi connectivity index (χ1v) is 10.5. The zero-order valence-electron chi connectivity index (χ0n) is 17.4. The van der Waals surface area contributed by atoms with Crippen molar-refractivity contribution in [3.05, 3.63) is 48.5 Å². The van der Waals surface area contributed by atoms with Crippen molar-refractivity contribution < 1.29 is 4.79 Å². The van der Waals surface area contributed by atoms with Gasteiger partial charge in [0.05, 0.1) is 23.8 Å². The third-order valence-corrected chi connectivity index (χ3v) is 6.23. The number of benzene rings is 1. The summed E-state index contributed by atoms with van der Waals surface area (Å²) in [5.74, 6) is 2.06. The minimum atomic E-state index is -0.294. The van der Waals surface area contributed by atoms with Crippen molar-refractivity contribution in [3.63, 3.8) is 0 Å². The largest absolute Gasteiger partial charge is 0.355 e. The number of carbonyl (C=O) groups is 1. The van der Waals surface area contributed by atoms with Crippen LogP contribution >= 0.6 is 0 Å². The van der Waals surface area contributed by atoms with Crippen LogP contribution < -0.4 is 15.5 Å². The molecule has 3 aromatic heterocycles. The van der Waals surface area contributed by atoms with Crippen LogP contribution in [-0.4, -0.2) is 48.8 Å². The molecule has 0 bridgehead atoms. The molecule has 6 rings (SSSR count). The quantitative estimate of drug-likeness (QED) is 0.535. The second-order valence-corrected chi connectivity index (χ2v) is 8.07. The van der Waals surface area contributed by atoms with Gasteiger partial charge in [0.15, 0.2) is 17.0 Å². The lowest BCUT2D eigenvalue weighted by Gasteiger charge is -2.33. The maximum absolute atomic E-state index is 11.5. The molecule has 2 aliphatic heterocycles. The summed E-state index contributed by atoms with van der Waals surface area (Å²) in [6, 6.07) is 7.67. The predicted octanol–water partition coefficient (Wildman–Crippen LogP) is 2.99. The lowest BCUT2D eigenvalue weighted by atomic mass is 9.89. The molecule has 1 aromatic carbocycles. The SMILES string of the molecule is Cn1c(-c2ccnnc2)nc2c(N3CCC(c4ccc5c(c4)[N]C(=O)N5)CC3)ncnc21. The highest BCUT2D eigenvalue weighted by Crippen LogP contribution is 2.36. The maximum Gasteiger partial charge on any atom is 0.346 e. The zero-order valence-corrected chi connectivity index (χ0v) is 17.4. The van der Waals surface area contributed by atoms with Gasteiger partial charge >= 0.3 is 6.03 Å². The van der Waals surface area contributed by atoms with Crippen LogP contribution in [0, 0.1) is 0 Å². The molecule has 10 nitrogen and oxygen atoms in total. The molecule has 0 atom stereocenters. The Balaban J connectivity index is 1.26. The third kappa shape index (κ3) is 3.03. The van der Waals surface area contributed by atoms with Gasteiger partial charge < -0.3 is 14.8 Å². The highest BCUT2D eigenvalue weighted by molar-refractivity contribution is 6.02. The molecule has 1 fully saturated rings. The predicted molar refractivity (Wildman–Crippen MR) is 119 cm³/mol. The van der Waals surface area contributed by atoms with Crippen LogP contribution in [0.3, 0.4) is 0 Å². The smallest absolute Gasteiger partial charge is 0.346 e. The topological polar surface area (TPSA) is 116 Å². The Bertz CT molecular complexity index is 1330. The van der Waals surface area contributed by atoms with Gasteiger partial charge in [-0.3, -0.25) is 0 Å². The standard InChI is InChI=1S/C22H20N9O/c1-30-19(15-4-7-25-26-11-15)29-18-20(30)23-12-24-21(18)31-8-5-13(6-9-31)14-2-3-16-17(10-14)28-22(32)27-16/h2-4,7,10-13H,5-6,8-9H2,1H3,(H,27,32). The molecule has 1 radical (unpaired) electrons. The Kier molecular flexibility index (Phi) is 4.23. The molecule has 0 saturated carbocycles. The number of piperidine rings is 1. The molecule has 0 unspecified atom stereocenters. The number of rotatable bonds is 3. The second kappa shape index (κ2) is 7.26. The summed E-state index contributed by atoms with van der Waals surface area (Å²) in [4.78, 5) is 27.7. The Morgan fingerprint density at radius 2 is 1.97 bits per heavy atom. The van der Waals surface area contributed by atoms with E-state index in [-0.39, 0.29) is 6.03 Å². The first-order chi connectivity index (χ1) is 15.7. The van der Waals surface area contributed by atoms with Crippen molar-refractivity contribution in [1.82, 2.24) is 35.0 Å². The molecule has 1 N–H and O–H groups in total. The zero-order chi connectivity index (χ0) is 21.7. The van der Waals surface area contributed by atoms with E-state index in [2.05, 4.69) is 41.8 Å². The van der Waals surface area contributed by atoms with Crippen molar-refractivity contribution in [2.75, 3.05) is 23.3 Å². The first-order valence-electron chi connectivity index (χ1n) is 10.5. The Morgan fingerprint density at radius 3 is 2.78 bits per heavy atom. The number of carbonyl (C=O) groups excluding carboxylic acids is 1. The minimum Gasteiger partial charge on any atom is -0.355 e. The van der Waals surface area contributed by atoms with E-state index in [1.54, 1.807) is 18.7 Å². The maximum atomic E-state index is 11.5. The summed E-state index contributed by atoms with van der Waals surface area (Å²) in [5.41, 5.74) is 5.22. The lowest BCUT2D eigenvalue weighted by molar-refractivity contribution is 0.256. The van der Waals surface area contributed by atoms with Gasteiger partial charge in [-0.15, -0.1) is 0 Å². The van der Waals surface area contributed by atoms with E-state index >= 15 is 0 Å². The first kappa shape index (κ1) is 18.7. The second-order valence-electron chi connectivity index (χ2n) is 8.07. The molecule has 0 spiro atoms. The van der Waals surface area contributed by atoms with Crippen LogP contribution in [0.25, 0.3) is 22.6 Å². The Morgan fingerprint density at radius 1 is 1.09 bits per heavy atom. The Labute approximate surface area is 183 Å². The Hall–Kier alpha value is -4.08. The van der Waals surface area contributed by atoms with E-state index in [9.17, 15) is 4.79 Å². The van der Waals surface area contributed by atoms with Crippen LogP contribution in [0.1, 0.15) is 24.3 Å². The van der Waals surface area contributed by atoms with E-state index < -0.39 is 0 Å². The summed E-state index contributed by atoms with van der Waals surface area (Å²) >= 11 is 0. The minimum absolute atomic E-state index is 0.294. The lowest BCUT2D eigenvalue weighted by Crippen LogP contribution is -2.33. The fraction of sp³-hybridized carbons (Fsp3) is 0.273. The van der Waals surface area contributed by atoms with Gasteiger partial charge in [0, 0.05) is 25.7 Å². The average molecular weight is 426 g/mol. The highest BCUT2D eigenvalue weighted by atomic mass is 16.2. The van der Waals surface area contributed by atoms with Crippen LogP contribution in [0.2, 0.25) is 0 Å². The number of imidazole rings is 1. The monoisotopic (exact) mass is 426 g/mol. The molecule has 4 aromatic rings. The molecule has 0 aliphatic carbocycles. The van der Waals surface area contributed by atoms with Gasteiger partial charge in [-0.1, -0.05) is 6.07 Å². The average Bonchev–Trinajstić information content (AvgIpc) is 3.38. The molecule has 2 amide bonds. The number of aryl methyl sites for hydroxylation is 1. The molecule has 10 heteroatoms. The van der Waals surface area contributed by atoms with Crippen molar-refractivity contribution in [3.8, 4) is 11.4 Å². The molecule has 1 saturated heterocycles. The molecule has 2 aliphatic rings. The summed E-state index contributed by atoms with van der Waals surface area (Å²) in [5, 5.41) is 14.6. The fourth-order valence-electron chi connectivity index (χ4n) is 4.58. The van der Waals surface area contributed by atoms with Crippen LogP contribution in [0.15, 0.2) is 43.0 Å². The van der Waals surface area contributed by atoms with Crippen LogP contribution in [0.5, 0.6) is 0 Å². The van der Waals surface area contributed by atoms with Crippen LogP contribution in [-0.2, 0) is 7.05 Å². The molecular weight excluding hydrogens is 406 g/mol. The number of amides is 2. The number of aromatic nitrogens is 6. The number of fused-ring (bicyclic) bond motifs is 2. The van der Waals surface area contributed by atoms with E-state index in [1.165, 1.54) is 5.56 Å². The van der Waals surface area contributed by atoms with E-state index in [0.29, 0.717) is 5.92 Å². The van der Waals surface area contributed by atoms with E-state index in [4.69, 9.17) is 4.98 Å². The van der Waals surface area contributed by atoms with Gasteiger partial charge in [-0.25, -0.2) is 19.7 Å². The number of hydrogen-bond acceptors (Lipinski definition) is 7. The number of anilines is 2. The number of urea groups is 1. The number of nitrogens with zero attached hydrogens (tertiary/aromatic N) is 8. The van der Waals surface area contributed by atoms with Gasteiger partial charge in [0.1, 0.15) is 12.2 Å². The molecule has 159 valence electrons. The van der Waals surface area contributed by atoms with Gasteiger partial charge in [0.2, 0.25) is 0 Å². The summed E-state index contributed by atoms with van der Waals surface area (Å²) in [6.07, 6.45) is 6.93.